The van der Waals surface area contributed by atoms with Gasteiger partial charge in [0.2, 0.25) is 0 Å². The van der Waals surface area contributed by atoms with Crippen LogP contribution in [0.15, 0.2) is 48.5 Å². The van der Waals surface area contributed by atoms with Gasteiger partial charge in [-0.15, -0.1) is 40.5 Å². The molecule has 0 aliphatic carbocycles. The van der Waals surface area contributed by atoms with Crippen molar-refractivity contribution >= 4 is 66.9 Å². The lowest BCUT2D eigenvalue weighted by atomic mass is 10.1. The molecular formula is C36H26N16O12. The molecule has 0 spiro atoms. The number of nitrogens with zero attached hydrogens (tertiary/aromatic N) is 10. The van der Waals surface area contributed by atoms with Gasteiger partial charge in [-0.1, -0.05) is 0 Å². The summed E-state index contributed by atoms with van der Waals surface area (Å²) in [5.74, 6) is -2.86. The third kappa shape index (κ3) is 6.78. The molecule has 0 saturated carbocycles. The van der Waals surface area contributed by atoms with Gasteiger partial charge in [-0.05, 0) is 48.5 Å². The van der Waals surface area contributed by atoms with Gasteiger partial charge in [0.1, 0.15) is 22.6 Å². The third-order valence-electron chi connectivity index (χ3n) is 10.0. The topological polar surface area (TPSA) is 367 Å². The first-order chi connectivity index (χ1) is 30.7. The summed E-state index contributed by atoms with van der Waals surface area (Å²) in [6.07, 6.45) is 0. The van der Waals surface area contributed by atoms with Crippen LogP contribution in [0.4, 0.5) is 22.7 Å². The fourth-order valence-electron chi connectivity index (χ4n) is 7.33. The van der Waals surface area contributed by atoms with Gasteiger partial charge >= 0.3 is 0 Å². The number of fused-ring (bicyclic) bond motifs is 20. The van der Waals surface area contributed by atoms with Crippen LogP contribution in [-0.2, 0) is 0 Å². The number of nitrogens with one attached hydrogen (secondary N) is 6. The second kappa shape index (κ2) is 15.1. The Morgan fingerprint density at radius 1 is 0.391 bits per heavy atom. The molecule has 64 heavy (non-hydrogen) atoms. The zero-order valence-electron chi connectivity index (χ0n) is 33.0. The third-order valence-corrected chi connectivity index (χ3v) is 10.0. The van der Waals surface area contributed by atoms with E-state index in [-0.39, 0.29) is 68.1 Å². The van der Waals surface area contributed by atoms with Crippen molar-refractivity contribution in [2.75, 3.05) is 49.5 Å². The predicted octanol–water partition coefficient (Wildman–Crippen LogP) is 5.32. The van der Waals surface area contributed by atoms with E-state index in [2.05, 4.69) is 31.2 Å². The van der Waals surface area contributed by atoms with E-state index in [1.807, 2.05) is 0 Å². The average Bonchev–Trinajstić information content (AvgIpc) is 3.96. The summed E-state index contributed by atoms with van der Waals surface area (Å²) in [6.45, 7) is 0. The minimum absolute atomic E-state index is 0.0756. The molecule has 0 saturated heterocycles. The van der Waals surface area contributed by atoms with E-state index >= 15 is 0 Å². The Morgan fingerprint density at radius 2 is 0.609 bits per heavy atom. The summed E-state index contributed by atoms with van der Waals surface area (Å²) in [4.78, 5) is 100. The lowest BCUT2D eigenvalue weighted by Crippen LogP contribution is -2.09. The first-order valence-corrected chi connectivity index (χ1v) is 18.3. The first kappa shape index (κ1) is 39.7. The van der Waals surface area contributed by atoms with Gasteiger partial charge in [-0.25, -0.2) is 29.9 Å². The minimum Gasteiger partial charge on any atom is -0.386 e. The summed E-state index contributed by atoms with van der Waals surface area (Å²) < 4.78 is 0. The number of aromatic nitrogens is 8. The van der Waals surface area contributed by atoms with Crippen LogP contribution >= 0.6 is 0 Å². The maximum absolute atomic E-state index is 11.6. The summed E-state index contributed by atoms with van der Waals surface area (Å²) >= 11 is 0. The van der Waals surface area contributed by atoms with E-state index in [1.165, 1.54) is 0 Å². The molecular weight excluding hydrogens is 848 g/mol. The predicted molar refractivity (Wildman–Crippen MR) is 225 cm³/mol. The largest absolute Gasteiger partial charge is 0.386 e. The van der Waals surface area contributed by atoms with Gasteiger partial charge in [-0.2, -0.15) is 0 Å². The van der Waals surface area contributed by atoms with Crippen LogP contribution in [0.25, 0.3) is 89.7 Å². The molecule has 28 heteroatoms. The number of H-pyrrole nitrogens is 2. The molecule has 8 bridgehead atoms. The highest BCUT2D eigenvalue weighted by Gasteiger charge is 2.28. The van der Waals surface area contributed by atoms with E-state index in [4.69, 9.17) is 49.3 Å². The molecule has 322 valence electrons. The lowest BCUT2D eigenvalue weighted by molar-refractivity contribution is -0.721. The summed E-state index contributed by atoms with van der Waals surface area (Å²) in [6, 6.07) is 11.4. The molecule has 0 radical (unpaired) electrons. The molecule has 9 rings (SSSR count). The van der Waals surface area contributed by atoms with Gasteiger partial charge in [0, 0.05) is 72.0 Å². The standard InChI is InChI=1S/C36H26N16O12/c1-37-21-5-13-14(6-22(21)38-2)30-41-29(13)43-33-17-9-25(61-49(53)54)26(62-50(55)56)10-18(17)35(47-33)45-31-15-7-23(39-3)24(40-4)8-16(15)32(42-31)46-36-20-12-28(64-52(59)60)27(63-51(57)58)11-19(20)34(44-30)48-36/h5-12,37-40H,1-4H3,(H2,41,42,43,44,45,46,47,48). The van der Waals surface area contributed by atoms with Crippen LogP contribution in [0.2, 0.25) is 0 Å². The van der Waals surface area contributed by atoms with E-state index in [0.717, 1.165) is 24.3 Å². The number of aromatic amines is 2. The molecule has 0 amide bonds. The fourth-order valence-corrected chi connectivity index (χ4v) is 7.33. The molecule has 4 aromatic carbocycles. The highest BCUT2D eigenvalue weighted by atomic mass is 17.0. The highest BCUT2D eigenvalue weighted by Crippen LogP contribution is 2.45. The first-order valence-electron chi connectivity index (χ1n) is 18.3. The molecule has 0 atom stereocenters. The number of rotatable bonds is 12. The van der Waals surface area contributed by atoms with Gasteiger partial charge in [0.15, 0.2) is 46.3 Å². The summed E-state index contributed by atoms with van der Waals surface area (Å²) in [5.41, 5.74) is 3.45. The number of hydrogen-bond donors (Lipinski definition) is 6. The quantitative estimate of drug-likeness (QED) is 0.0668. The van der Waals surface area contributed by atoms with Gasteiger partial charge < -0.3 is 31.2 Å². The Balaban J connectivity index is 1.48. The van der Waals surface area contributed by atoms with Crippen LogP contribution in [0, 0.1) is 40.5 Å². The molecule has 6 N–H and O–H groups in total. The zero-order chi connectivity index (χ0) is 45.1. The molecule has 2 aliphatic heterocycles. The SMILES string of the molecule is CNc1cc2c3nc4nc(nc5[nH]c(nc6nc(nc([nH]3)c2cc1NC)-c1cc(O[N+](=O)[O-])c(O[N+](=O)[O-])cc1-6)c1cc(NC)c(NC)cc51)-c1cc(O[N+](=O)[O-])c(O[N+](=O)[O-])cc1-4. The maximum atomic E-state index is 11.6. The molecule has 3 aromatic heterocycles. The maximum Gasteiger partial charge on any atom is 0.299 e. The van der Waals surface area contributed by atoms with Gasteiger partial charge in [0.05, 0.1) is 22.7 Å². The summed E-state index contributed by atoms with van der Waals surface area (Å²) in [7, 11) is 6.78. The van der Waals surface area contributed by atoms with Crippen molar-refractivity contribution in [2.24, 2.45) is 0 Å². The van der Waals surface area contributed by atoms with Crippen LogP contribution in [0.5, 0.6) is 23.0 Å². The van der Waals surface area contributed by atoms with Crippen molar-refractivity contribution in [2.45, 2.75) is 0 Å². The average molecular weight is 875 g/mol. The van der Waals surface area contributed by atoms with Crippen molar-refractivity contribution in [1.82, 2.24) is 39.9 Å². The molecule has 7 aromatic rings. The fraction of sp³-hybridized carbons (Fsp3) is 0.111. The minimum atomic E-state index is -1.16. The normalized spacial score (nSPS) is 11.3. The van der Waals surface area contributed by atoms with E-state index in [1.54, 1.807) is 52.5 Å². The van der Waals surface area contributed by atoms with Crippen LogP contribution in [0.3, 0.4) is 0 Å². The van der Waals surface area contributed by atoms with Crippen molar-refractivity contribution < 1.29 is 39.7 Å². The van der Waals surface area contributed by atoms with Crippen molar-refractivity contribution in [3.05, 3.63) is 89.0 Å². The number of benzene rings is 4. The Hall–Kier alpha value is -9.76. The molecule has 0 fully saturated rings. The second-order valence-corrected chi connectivity index (χ2v) is 13.4. The van der Waals surface area contributed by atoms with Crippen LogP contribution < -0.4 is 40.6 Å². The number of anilines is 4. The number of hydrogen-bond acceptors (Lipinski definition) is 22. The Labute approximate surface area is 353 Å². The van der Waals surface area contributed by atoms with E-state index in [9.17, 15) is 40.5 Å². The van der Waals surface area contributed by atoms with Crippen molar-refractivity contribution in [3.8, 4) is 68.5 Å². The van der Waals surface area contributed by atoms with Crippen LogP contribution in [-0.4, -0.2) is 88.4 Å². The van der Waals surface area contributed by atoms with Crippen LogP contribution in [0.1, 0.15) is 0 Å². The monoisotopic (exact) mass is 874 g/mol. The van der Waals surface area contributed by atoms with E-state index < -0.39 is 43.3 Å². The Bertz CT molecular complexity index is 2960. The molecule has 5 heterocycles. The van der Waals surface area contributed by atoms with Crippen molar-refractivity contribution in [3.63, 3.8) is 0 Å². The second-order valence-electron chi connectivity index (χ2n) is 13.4. The zero-order valence-corrected chi connectivity index (χ0v) is 33.0. The van der Waals surface area contributed by atoms with E-state index in [0.29, 0.717) is 44.3 Å². The Kier molecular flexibility index (Phi) is 9.34. The summed E-state index contributed by atoms with van der Waals surface area (Å²) in [5, 5.41) is 55.9. The lowest BCUT2D eigenvalue weighted by Gasteiger charge is -2.09. The molecule has 28 nitrogen and oxygen atoms in total. The van der Waals surface area contributed by atoms with Gasteiger partial charge in [0.25, 0.3) is 20.3 Å². The molecule has 2 aliphatic rings. The van der Waals surface area contributed by atoms with Gasteiger partial charge in [-0.3, -0.25) is 19.4 Å². The smallest absolute Gasteiger partial charge is 0.299 e. The Morgan fingerprint density at radius 3 is 0.797 bits per heavy atom. The highest BCUT2D eigenvalue weighted by molar-refractivity contribution is 6.10. The van der Waals surface area contributed by atoms with Crippen molar-refractivity contribution in [1.29, 1.82) is 0 Å². The molecule has 0 unspecified atom stereocenters.